The molecule has 0 aromatic heterocycles. The van der Waals surface area contributed by atoms with E-state index >= 15 is 0 Å². The van der Waals surface area contributed by atoms with E-state index in [0.29, 0.717) is 12.8 Å². The fraction of sp³-hybridized carbons (Fsp3) is 0.781. The van der Waals surface area contributed by atoms with Crippen LogP contribution in [-0.2, 0) is 4.79 Å². The summed E-state index contributed by atoms with van der Waals surface area (Å²) in [4.78, 5) is 12.1. The minimum absolute atomic E-state index is 0.0587. The Labute approximate surface area is 223 Å². The molecule has 4 heteroatoms. The summed E-state index contributed by atoms with van der Waals surface area (Å²) in [7, 11) is 0. The molecule has 36 heavy (non-hydrogen) atoms. The molecule has 0 radical (unpaired) electrons. The number of amides is 1. The average Bonchev–Trinajstić information content (AvgIpc) is 2.88. The van der Waals surface area contributed by atoms with Gasteiger partial charge in [0.05, 0.1) is 18.8 Å². The highest BCUT2D eigenvalue weighted by Gasteiger charge is 2.19. The van der Waals surface area contributed by atoms with E-state index in [1.54, 1.807) is 0 Å². The third kappa shape index (κ3) is 24.3. The monoisotopic (exact) mass is 505 g/mol. The molecule has 2 unspecified atom stereocenters. The molecule has 0 saturated carbocycles. The molecule has 210 valence electrons. The van der Waals surface area contributed by atoms with Crippen molar-refractivity contribution in [1.82, 2.24) is 5.32 Å². The molecule has 1 amide bonds. The van der Waals surface area contributed by atoms with E-state index < -0.39 is 12.1 Å². The maximum Gasteiger partial charge on any atom is 0.220 e. The molecule has 0 bridgehead atoms. The highest BCUT2D eigenvalue weighted by Crippen LogP contribution is 2.11. The standard InChI is InChI=1S/C32H59NO3/c1-3-5-7-8-9-10-11-12-13-14-15-16-17-18-19-20-21-22-23-24-26-28-32(36)33-30(29-34)31(35)27-25-6-4-2/h11-12,14-15,17-18,30-31,34-35H,3-10,13,16,19-29H2,1-2H3,(H,33,36)/b12-11-,15-14-,18-17-. The first-order valence-corrected chi connectivity index (χ1v) is 15.2. The third-order valence-corrected chi connectivity index (χ3v) is 6.65. The quantitative estimate of drug-likeness (QED) is 0.0817. The molecule has 0 fully saturated rings. The number of hydrogen-bond acceptors (Lipinski definition) is 3. The lowest BCUT2D eigenvalue weighted by molar-refractivity contribution is -0.123. The van der Waals surface area contributed by atoms with Crippen molar-refractivity contribution in [1.29, 1.82) is 0 Å². The Morgan fingerprint density at radius 3 is 1.69 bits per heavy atom. The fourth-order valence-corrected chi connectivity index (χ4v) is 4.25. The fourth-order valence-electron chi connectivity index (χ4n) is 4.25. The van der Waals surface area contributed by atoms with Crippen molar-refractivity contribution in [3.8, 4) is 0 Å². The van der Waals surface area contributed by atoms with Crippen LogP contribution in [0.25, 0.3) is 0 Å². The van der Waals surface area contributed by atoms with Crippen molar-refractivity contribution in [2.75, 3.05) is 6.61 Å². The first-order chi connectivity index (χ1) is 17.7. The summed E-state index contributed by atoms with van der Waals surface area (Å²) < 4.78 is 0. The molecule has 0 aromatic carbocycles. The van der Waals surface area contributed by atoms with Crippen molar-refractivity contribution in [3.63, 3.8) is 0 Å². The number of hydrogen-bond donors (Lipinski definition) is 3. The lowest BCUT2D eigenvalue weighted by Gasteiger charge is -2.22. The second kappa shape index (κ2) is 28.2. The Hall–Kier alpha value is -1.39. The van der Waals surface area contributed by atoms with E-state index in [-0.39, 0.29) is 12.5 Å². The largest absolute Gasteiger partial charge is 0.394 e. The normalized spacial score (nSPS) is 13.8. The van der Waals surface area contributed by atoms with Gasteiger partial charge in [-0.25, -0.2) is 0 Å². The van der Waals surface area contributed by atoms with Gasteiger partial charge in [0.15, 0.2) is 0 Å². The summed E-state index contributed by atoms with van der Waals surface area (Å²) in [6.45, 7) is 4.17. The Balaban J connectivity index is 3.54. The van der Waals surface area contributed by atoms with Gasteiger partial charge in [0.25, 0.3) is 0 Å². The number of aliphatic hydroxyl groups is 2. The van der Waals surface area contributed by atoms with Gasteiger partial charge in [-0.1, -0.05) is 121 Å². The predicted octanol–water partition coefficient (Wildman–Crippen LogP) is 8.33. The number of allylic oxidation sites excluding steroid dienone is 6. The Bertz CT molecular complexity index is 556. The smallest absolute Gasteiger partial charge is 0.220 e. The SMILES string of the molecule is CCCCCCC/C=C\C/C=C\C/C=C\CCCCCCCCC(=O)NC(CO)C(O)CCCCC. The molecule has 0 saturated heterocycles. The maximum atomic E-state index is 12.1. The van der Waals surface area contributed by atoms with Crippen LogP contribution in [0.3, 0.4) is 0 Å². The van der Waals surface area contributed by atoms with Gasteiger partial charge < -0.3 is 15.5 Å². The predicted molar refractivity (Wildman–Crippen MR) is 156 cm³/mol. The van der Waals surface area contributed by atoms with Crippen LogP contribution in [0, 0.1) is 0 Å². The van der Waals surface area contributed by atoms with Gasteiger partial charge in [0, 0.05) is 6.42 Å². The van der Waals surface area contributed by atoms with E-state index in [9.17, 15) is 15.0 Å². The Morgan fingerprint density at radius 1 is 0.667 bits per heavy atom. The lowest BCUT2D eigenvalue weighted by Crippen LogP contribution is -2.45. The van der Waals surface area contributed by atoms with E-state index in [4.69, 9.17) is 0 Å². The molecular weight excluding hydrogens is 446 g/mol. The summed E-state index contributed by atoms with van der Waals surface area (Å²) >= 11 is 0. The first kappa shape index (κ1) is 34.6. The van der Waals surface area contributed by atoms with Crippen LogP contribution in [0.15, 0.2) is 36.5 Å². The Kier molecular flexibility index (Phi) is 27.1. The lowest BCUT2D eigenvalue weighted by atomic mass is 10.0. The van der Waals surface area contributed by atoms with E-state index in [0.717, 1.165) is 57.8 Å². The number of unbranched alkanes of at least 4 members (excludes halogenated alkanes) is 13. The number of aliphatic hydroxyl groups excluding tert-OH is 2. The minimum Gasteiger partial charge on any atom is -0.394 e. The van der Waals surface area contributed by atoms with Crippen LogP contribution in [0.4, 0.5) is 0 Å². The van der Waals surface area contributed by atoms with Crippen LogP contribution in [0.2, 0.25) is 0 Å². The van der Waals surface area contributed by atoms with Gasteiger partial charge in [-0.3, -0.25) is 4.79 Å². The summed E-state index contributed by atoms with van der Waals surface area (Å²) in [5, 5.41) is 22.4. The Morgan fingerprint density at radius 2 is 1.14 bits per heavy atom. The third-order valence-electron chi connectivity index (χ3n) is 6.65. The highest BCUT2D eigenvalue weighted by atomic mass is 16.3. The molecule has 2 atom stereocenters. The van der Waals surface area contributed by atoms with Crippen molar-refractivity contribution >= 4 is 5.91 Å². The summed E-state index contributed by atoms with van der Waals surface area (Å²) in [6, 6.07) is -0.537. The van der Waals surface area contributed by atoms with Gasteiger partial charge in [-0.15, -0.1) is 0 Å². The van der Waals surface area contributed by atoms with Gasteiger partial charge in [-0.05, 0) is 51.4 Å². The number of carbonyl (C=O) groups excluding carboxylic acids is 1. The van der Waals surface area contributed by atoms with Crippen molar-refractivity contribution < 1.29 is 15.0 Å². The number of carbonyl (C=O) groups is 1. The first-order valence-electron chi connectivity index (χ1n) is 15.2. The van der Waals surface area contributed by atoms with Crippen LogP contribution in [-0.4, -0.2) is 34.9 Å². The molecule has 0 aliphatic heterocycles. The zero-order valence-electron chi connectivity index (χ0n) is 23.8. The second-order valence-electron chi connectivity index (χ2n) is 10.2. The molecule has 0 rings (SSSR count). The van der Waals surface area contributed by atoms with Crippen LogP contribution >= 0.6 is 0 Å². The molecule has 0 aliphatic carbocycles. The van der Waals surface area contributed by atoms with Crippen molar-refractivity contribution in [2.24, 2.45) is 0 Å². The van der Waals surface area contributed by atoms with Crippen molar-refractivity contribution in [3.05, 3.63) is 36.5 Å². The molecule has 3 N–H and O–H groups in total. The van der Waals surface area contributed by atoms with Crippen LogP contribution in [0.5, 0.6) is 0 Å². The molecule has 0 spiro atoms. The van der Waals surface area contributed by atoms with Crippen LogP contribution in [0.1, 0.15) is 142 Å². The zero-order valence-corrected chi connectivity index (χ0v) is 23.8. The molecule has 0 heterocycles. The topological polar surface area (TPSA) is 69.6 Å². The van der Waals surface area contributed by atoms with E-state index in [2.05, 4.69) is 55.6 Å². The molecular formula is C32H59NO3. The number of rotatable bonds is 26. The zero-order chi connectivity index (χ0) is 26.5. The summed E-state index contributed by atoms with van der Waals surface area (Å²) in [5.74, 6) is -0.0587. The van der Waals surface area contributed by atoms with Crippen LogP contribution < -0.4 is 5.32 Å². The average molecular weight is 506 g/mol. The van der Waals surface area contributed by atoms with Crippen molar-refractivity contribution in [2.45, 2.75) is 154 Å². The van der Waals surface area contributed by atoms with Gasteiger partial charge in [-0.2, -0.15) is 0 Å². The molecule has 0 aliphatic rings. The highest BCUT2D eigenvalue weighted by molar-refractivity contribution is 5.76. The van der Waals surface area contributed by atoms with Gasteiger partial charge in [0.1, 0.15) is 0 Å². The second-order valence-corrected chi connectivity index (χ2v) is 10.2. The van der Waals surface area contributed by atoms with Gasteiger partial charge >= 0.3 is 0 Å². The molecule has 4 nitrogen and oxygen atoms in total. The summed E-state index contributed by atoms with van der Waals surface area (Å²) in [6.07, 6.45) is 35.3. The minimum atomic E-state index is -0.660. The summed E-state index contributed by atoms with van der Waals surface area (Å²) in [5.41, 5.74) is 0. The number of nitrogens with one attached hydrogen (secondary N) is 1. The van der Waals surface area contributed by atoms with E-state index in [1.807, 2.05) is 0 Å². The molecule has 0 aromatic rings. The van der Waals surface area contributed by atoms with E-state index in [1.165, 1.54) is 57.8 Å². The van der Waals surface area contributed by atoms with Gasteiger partial charge in [0.2, 0.25) is 5.91 Å². The maximum absolute atomic E-state index is 12.1.